The van der Waals surface area contributed by atoms with Crippen LogP contribution in [0, 0.1) is 20.8 Å². The molecule has 0 spiro atoms. The van der Waals surface area contributed by atoms with E-state index in [-0.39, 0.29) is 6.04 Å². The van der Waals surface area contributed by atoms with Crippen molar-refractivity contribution in [1.82, 2.24) is 0 Å². The zero-order chi connectivity index (χ0) is 11.7. The van der Waals surface area contributed by atoms with Gasteiger partial charge in [-0.3, -0.25) is 0 Å². The van der Waals surface area contributed by atoms with Crippen molar-refractivity contribution in [3.05, 3.63) is 58.5 Å². The summed E-state index contributed by atoms with van der Waals surface area (Å²) in [7, 11) is 0. The number of hydrogen-bond donors (Lipinski definition) is 1. The largest absolute Gasteiger partial charge is 0.472 e. The summed E-state index contributed by atoms with van der Waals surface area (Å²) in [6.45, 7) is 6.33. The van der Waals surface area contributed by atoms with E-state index < -0.39 is 0 Å². The molecular formula is C14H17NO. The molecule has 0 aliphatic rings. The number of benzene rings is 1. The molecule has 0 saturated carbocycles. The molecule has 2 N–H and O–H groups in total. The Morgan fingerprint density at radius 3 is 2.38 bits per heavy atom. The topological polar surface area (TPSA) is 39.2 Å². The Balaban J connectivity index is 2.44. The summed E-state index contributed by atoms with van der Waals surface area (Å²) in [4.78, 5) is 0. The smallest absolute Gasteiger partial charge is 0.0953 e. The van der Waals surface area contributed by atoms with Crippen LogP contribution in [0.5, 0.6) is 0 Å². The van der Waals surface area contributed by atoms with Crippen LogP contribution in [0.25, 0.3) is 0 Å². The Hall–Kier alpha value is -1.54. The van der Waals surface area contributed by atoms with Crippen molar-refractivity contribution in [2.24, 2.45) is 5.73 Å². The summed E-state index contributed by atoms with van der Waals surface area (Å²) in [5.41, 5.74) is 12.2. The van der Waals surface area contributed by atoms with Crippen LogP contribution in [0.1, 0.15) is 33.9 Å². The lowest BCUT2D eigenvalue weighted by atomic mass is 9.93. The van der Waals surface area contributed by atoms with Crippen LogP contribution in [-0.4, -0.2) is 0 Å². The summed E-state index contributed by atoms with van der Waals surface area (Å²) in [5.74, 6) is 0. The van der Waals surface area contributed by atoms with Gasteiger partial charge in [0.25, 0.3) is 0 Å². The standard InChI is InChI=1S/C14H17NO/c1-9-6-11(3)13(7-10(9)2)14(15)12-4-5-16-8-12/h4-8,14H,15H2,1-3H3. The Kier molecular flexibility index (Phi) is 2.84. The quantitative estimate of drug-likeness (QED) is 0.835. The van der Waals surface area contributed by atoms with Gasteiger partial charge >= 0.3 is 0 Å². The monoisotopic (exact) mass is 215 g/mol. The predicted molar refractivity (Wildman–Crippen MR) is 65.4 cm³/mol. The van der Waals surface area contributed by atoms with E-state index in [0.29, 0.717) is 0 Å². The first-order chi connectivity index (χ1) is 7.59. The lowest BCUT2D eigenvalue weighted by Crippen LogP contribution is -2.13. The molecule has 2 nitrogen and oxygen atoms in total. The molecule has 1 aromatic heterocycles. The molecule has 2 rings (SSSR count). The van der Waals surface area contributed by atoms with Gasteiger partial charge in [-0.25, -0.2) is 0 Å². The Bertz CT molecular complexity index is 486. The van der Waals surface area contributed by atoms with E-state index in [1.54, 1.807) is 12.5 Å². The second-order valence-corrected chi connectivity index (χ2v) is 4.33. The maximum atomic E-state index is 6.22. The molecule has 1 unspecified atom stereocenters. The summed E-state index contributed by atoms with van der Waals surface area (Å²) in [5, 5.41) is 0. The molecule has 1 aromatic carbocycles. The molecule has 0 aliphatic heterocycles. The summed E-state index contributed by atoms with van der Waals surface area (Å²) >= 11 is 0. The van der Waals surface area contributed by atoms with Gasteiger partial charge in [0.15, 0.2) is 0 Å². The van der Waals surface area contributed by atoms with Gasteiger partial charge in [0.2, 0.25) is 0 Å². The average molecular weight is 215 g/mol. The first-order valence-electron chi connectivity index (χ1n) is 5.45. The number of furan rings is 1. The zero-order valence-corrected chi connectivity index (χ0v) is 9.95. The summed E-state index contributed by atoms with van der Waals surface area (Å²) < 4.78 is 5.07. The average Bonchev–Trinajstić information content (AvgIpc) is 2.75. The molecule has 0 bridgehead atoms. The fourth-order valence-electron chi connectivity index (χ4n) is 1.95. The van der Waals surface area contributed by atoms with E-state index in [1.807, 2.05) is 6.07 Å². The van der Waals surface area contributed by atoms with Crippen molar-refractivity contribution in [1.29, 1.82) is 0 Å². The number of aryl methyl sites for hydroxylation is 3. The Morgan fingerprint density at radius 2 is 1.75 bits per heavy atom. The van der Waals surface area contributed by atoms with Gasteiger partial charge in [0.1, 0.15) is 0 Å². The first kappa shape index (κ1) is 11.0. The summed E-state index contributed by atoms with van der Waals surface area (Å²) in [6, 6.07) is 6.17. The van der Waals surface area contributed by atoms with Crippen molar-refractivity contribution >= 4 is 0 Å². The van der Waals surface area contributed by atoms with E-state index in [4.69, 9.17) is 10.2 Å². The fourth-order valence-corrected chi connectivity index (χ4v) is 1.95. The van der Waals surface area contributed by atoms with Crippen LogP contribution in [0.3, 0.4) is 0 Å². The van der Waals surface area contributed by atoms with Gasteiger partial charge in [-0.2, -0.15) is 0 Å². The molecule has 0 radical (unpaired) electrons. The van der Waals surface area contributed by atoms with Crippen LogP contribution >= 0.6 is 0 Å². The highest BCUT2D eigenvalue weighted by atomic mass is 16.3. The van der Waals surface area contributed by atoms with Gasteiger partial charge in [0, 0.05) is 5.56 Å². The van der Waals surface area contributed by atoms with Gasteiger partial charge in [-0.1, -0.05) is 12.1 Å². The minimum atomic E-state index is -0.0990. The zero-order valence-electron chi connectivity index (χ0n) is 9.95. The fraction of sp³-hybridized carbons (Fsp3) is 0.286. The highest BCUT2D eigenvalue weighted by molar-refractivity contribution is 5.41. The van der Waals surface area contributed by atoms with Gasteiger partial charge in [0.05, 0.1) is 18.6 Å². The van der Waals surface area contributed by atoms with E-state index in [0.717, 1.165) is 5.56 Å². The predicted octanol–water partition coefficient (Wildman–Crippen LogP) is 3.25. The van der Waals surface area contributed by atoms with Gasteiger partial charge in [-0.15, -0.1) is 0 Å². The molecule has 0 aliphatic carbocycles. The summed E-state index contributed by atoms with van der Waals surface area (Å²) in [6.07, 6.45) is 3.37. The molecule has 0 saturated heterocycles. The molecule has 1 atom stereocenters. The molecule has 84 valence electrons. The molecule has 16 heavy (non-hydrogen) atoms. The number of rotatable bonds is 2. The highest BCUT2D eigenvalue weighted by Crippen LogP contribution is 2.25. The molecular weight excluding hydrogens is 198 g/mol. The van der Waals surface area contributed by atoms with Gasteiger partial charge in [-0.05, 0) is 49.1 Å². The van der Waals surface area contributed by atoms with Crippen molar-refractivity contribution in [3.8, 4) is 0 Å². The molecule has 0 amide bonds. The van der Waals surface area contributed by atoms with Crippen LogP contribution in [0.2, 0.25) is 0 Å². The normalized spacial score (nSPS) is 12.8. The van der Waals surface area contributed by atoms with Crippen LogP contribution < -0.4 is 5.73 Å². The van der Waals surface area contributed by atoms with Crippen LogP contribution in [-0.2, 0) is 0 Å². The first-order valence-corrected chi connectivity index (χ1v) is 5.45. The maximum absolute atomic E-state index is 6.22. The maximum Gasteiger partial charge on any atom is 0.0953 e. The van der Waals surface area contributed by atoms with Crippen molar-refractivity contribution in [2.75, 3.05) is 0 Å². The molecule has 2 heteroatoms. The molecule has 0 fully saturated rings. The third-order valence-corrected chi connectivity index (χ3v) is 3.12. The molecule has 2 aromatic rings. The van der Waals surface area contributed by atoms with Crippen molar-refractivity contribution < 1.29 is 4.42 Å². The third-order valence-electron chi connectivity index (χ3n) is 3.12. The van der Waals surface area contributed by atoms with E-state index >= 15 is 0 Å². The van der Waals surface area contributed by atoms with Crippen molar-refractivity contribution in [3.63, 3.8) is 0 Å². The Morgan fingerprint density at radius 1 is 1.06 bits per heavy atom. The van der Waals surface area contributed by atoms with E-state index in [2.05, 4.69) is 32.9 Å². The second-order valence-electron chi connectivity index (χ2n) is 4.33. The minimum Gasteiger partial charge on any atom is -0.472 e. The number of hydrogen-bond acceptors (Lipinski definition) is 2. The highest BCUT2D eigenvalue weighted by Gasteiger charge is 2.13. The molecule has 1 heterocycles. The lowest BCUT2D eigenvalue weighted by Gasteiger charge is -2.15. The van der Waals surface area contributed by atoms with Gasteiger partial charge < -0.3 is 10.2 Å². The van der Waals surface area contributed by atoms with Crippen molar-refractivity contribution in [2.45, 2.75) is 26.8 Å². The van der Waals surface area contributed by atoms with E-state index in [9.17, 15) is 0 Å². The Labute approximate surface area is 96.1 Å². The third kappa shape index (κ3) is 1.89. The van der Waals surface area contributed by atoms with Crippen LogP contribution in [0.4, 0.5) is 0 Å². The second kappa shape index (κ2) is 4.14. The number of nitrogens with two attached hydrogens (primary N) is 1. The lowest BCUT2D eigenvalue weighted by molar-refractivity contribution is 0.562. The van der Waals surface area contributed by atoms with Crippen LogP contribution in [0.15, 0.2) is 35.1 Å². The minimum absolute atomic E-state index is 0.0990. The van der Waals surface area contributed by atoms with E-state index in [1.165, 1.54) is 22.3 Å². The SMILES string of the molecule is Cc1cc(C)c(C(N)c2ccoc2)cc1C.